The second kappa shape index (κ2) is 15.7. The highest BCUT2D eigenvalue weighted by Gasteiger charge is 2.13. The molecule has 0 saturated carbocycles. The van der Waals surface area contributed by atoms with Crippen LogP contribution in [0.5, 0.6) is 0 Å². The van der Waals surface area contributed by atoms with Gasteiger partial charge >= 0.3 is 5.97 Å². The number of amides is 3. The molecule has 0 aliphatic carbocycles. The second-order valence-electron chi connectivity index (χ2n) is 7.71. The van der Waals surface area contributed by atoms with Crippen LogP contribution in [0, 0.1) is 11.3 Å². The lowest BCUT2D eigenvalue weighted by Crippen LogP contribution is -2.21. The van der Waals surface area contributed by atoms with E-state index in [1.807, 2.05) is 24.3 Å². The maximum absolute atomic E-state index is 12.3. The molecule has 38 heavy (non-hydrogen) atoms. The maximum Gasteiger partial charge on any atom is 0.338 e. The summed E-state index contributed by atoms with van der Waals surface area (Å²) in [6.45, 7) is -0.459. The van der Waals surface area contributed by atoms with Crippen molar-refractivity contribution in [2.45, 2.75) is 16.2 Å². The number of anilines is 2. The number of hydrogen-bond donors (Lipinski definition) is 2. The normalized spacial score (nSPS) is 9.63. The number of para-hydroxylation sites is 1. The number of halogens is 1. The summed E-state index contributed by atoms with van der Waals surface area (Å²) in [5, 5.41) is 14.4. The van der Waals surface area contributed by atoms with Crippen molar-refractivity contribution < 1.29 is 23.9 Å². The third-order valence-corrected chi connectivity index (χ3v) is 5.73. The largest absolute Gasteiger partial charge is 0.452 e. The van der Waals surface area contributed by atoms with Crippen molar-refractivity contribution in [2.75, 3.05) is 31.3 Å². The fraction of sp³-hybridized carbons (Fsp3) is 0.148. The first-order chi connectivity index (χ1) is 18.2. The molecule has 11 heteroatoms. The van der Waals surface area contributed by atoms with Crippen LogP contribution in [0.1, 0.15) is 16.8 Å². The highest BCUT2D eigenvalue weighted by atomic mass is 35.5. The predicted molar refractivity (Wildman–Crippen MR) is 146 cm³/mol. The van der Waals surface area contributed by atoms with Gasteiger partial charge < -0.3 is 20.3 Å². The number of rotatable bonds is 9. The first-order valence-corrected chi connectivity index (χ1v) is 12.3. The Labute approximate surface area is 229 Å². The number of carbonyl (C=O) groups excluding carboxylic acids is 4. The van der Waals surface area contributed by atoms with Crippen molar-refractivity contribution in [1.29, 1.82) is 5.26 Å². The highest BCUT2D eigenvalue weighted by molar-refractivity contribution is 7.99. The molecule has 0 spiro atoms. The van der Waals surface area contributed by atoms with Crippen LogP contribution in [0.25, 0.3) is 0 Å². The minimum atomic E-state index is -0.677. The monoisotopic (exact) mass is 552 g/mol. The smallest absolute Gasteiger partial charge is 0.338 e. The first-order valence-electron chi connectivity index (χ1n) is 11.1. The molecule has 3 aromatic rings. The van der Waals surface area contributed by atoms with Crippen molar-refractivity contribution in [2.24, 2.45) is 0 Å². The molecule has 3 aromatic carbocycles. The number of benzene rings is 3. The van der Waals surface area contributed by atoms with E-state index in [2.05, 4.69) is 10.6 Å². The lowest BCUT2D eigenvalue weighted by molar-refractivity contribution is -0.119. The summed E-state index contributed by atoms with van der Waals surface area (Å²) in [7, 11) is 3.38. The molecule has 0 saturated heterocycles. The molecule has 3 amide bonds. The van der Waals surface area contributed by atoms with Crippen molar-refractivity contribution in [1.82, 2.24) is 4.90 Å². The molecule has 9 nitrogen and oxygen atoms in total. The molecule has 0 radical (unpaired) electrons. The summed E-state index contributed by atoms with van der Waals surface area (Å²) in [5.74, 6) is -1.60. The molecule has 3 rings (SSSR count). The number of hydrogen-bond acceptors (Lipinski definition) is 7. The van der Waals surface area contributed by atoms with Crippen LogP contribution in [0.4, 0.5) is 11.4 Å². The first kappa shape index (κ1) is 29.9. The lowest BCUT2D eigenvalue weighted by atomic mass is 10.2. The standard InChI is InChI=1S/C24H18ClN3O4S.C3H7NO/c25-17-7-11-19(12-8-17)33-21-4-2-1-3-20(21)28-23(30)15-32-24(31)16-5-9-18(10-6-16)27-22(29)13-14-26;1-4(2)3-5/h1-12H,13,15H2,(H,27,29)(H,28,30);3H,1-2H3. The van der Waals surface area contributed by atoms with Gasteiger partial charge in [0.25, 0.3) is 5.91 Å². The Morgan fingerprint density at radius 2 is 1.61 bits per heavy atom. The van der Waals surface area contributed by atoms with Gasteiger partial charge in [-0.05, 0) is 60.7 Å². The van der Waals surface area contributed by atoms with E-state index in [1.165, 1.54) is 40.9 Å². The van der Waals surface area contributed by atoms with E-state index in [4.69, 9.17) is 21.6 Å². The molecule has 0 heterocycles. The zero-order valence-corrected chi connectivity index (χ0v) is 22.2. The molecule has 0 aliphatic heterocycles. The highest BCUT2D eigenvalue weighted by Crippen LogP contribution is 2.33. The van der Waals surface area contributed by atoms with Crippen molar-refractivity contribution in [3.8, 4) is 6.07 Å². The molecular formula is C27H25ClN4O5S. The van der Waals surface area contributed by atoms with Gasteiger partial charge in [-0.2, -0.15) is 5.26 Å². The van der Waals surface area contributed by atoms with Gasteiger partial charge in [-0.25, -0.2) is 4.79 Å². The average molecular weight is 553 g/mol. The molecule has 0 unspecified atom stereocenters. The van der Waals surface area contributed by atoms with E-state index in [9.17, 15) is 19.2 Å². The lowest BCUT2D eigenvalue weighted by Gasteiger charge is -2.11. The number of nitrogens with one attached hydrogen (secondary N) is 2. The van der Waals surface area contributed by atoms with E-state index in [0.717, 1.165) is 16.2 Å². The number of nitrogens with zero attached hydrogens (tertiary/aromatic N) is 2. The molecule has 196 valence electrons. The topological polar surface area (TPSA) is 129 Å². The molecule has 0 fully saturated rings. The summed E-state index contributed by atoms with van der Waals surface area (Å²) in [6.07, 6.45) is 0.486. The third kappa shape index (κ3) is 10.7. The van der Waals surface area contributed by atoms with Gasteiger partial charge in [0.05, 0.1) is 17.3 Å². The van der Waals surface area contributed by atoms with E-state index >= 15 is 0 Å². The molecule has 2 N–H and O–H groups in total. The molecule has 0 aliphatic rings. The molecular weight excluding hydrogens is 528 g/mol. The fourth-order valence-electron chi connectivity index (χ4n) is 2.66. The van der Waals surface area contributed by atoms with Gasteiger partial charge in [0.15, 0.2) is 6.61 Å². The van der Waals surface area contributed by atoms with Gasteiger partial charge in [0.2, 0.25) is 12.3 Å². The van der Waals surface area contributed by atoms with E-state index in [-0.39, 0.29) is 12.0 Å². The number of ether oxygens (including phenoxy) is 1. The Morgan fingerprint density at radius 1 is 0.974 bits per heavy atom. The van der Waals surface area contributed by atoms with Crippen LogP contribution in [-0.2, 0) is 19.1 Å². The minimum Gasteiger partial charge on any atom is -0.452 e. The quantitative estimate of drug-likeness (QED) is 0.287. The number of carbonyl (C=O) groups is 4. The van der Waals surface area contributed by atoms with Crippen LogP contribution >= 0.6 is 23.4 Å². The van der Waals surface area contributed by atoms with Crippen LogP contribution in [0.15, 0.2) is 82.6 Å². The van der Waals surface area contributed by atoms with E-state index < -0.39 is 24.4 Å². The average Bonchev–Trinajstić information content (AvgIpc) is 2.90. The van der Waals surface area contributed by atoms with Crippen LogP contribution in [-0.4, -0.2) is 49.8 Å². The summed E-state index contributed by atoms with van der Waals surface area (Å²) in [5.41, 5.74) is 1.26. The van der Waals surface area contributed by atoms with Gasteiger partial charge in [-0.1, -0.05) is 35.5 Å². The van der Waals surface area contributed by atoms with E-state index in [0.29, 0.717) is 16.4 Å². The number of esters is 1. The van der Waals surface area contributed by atoms with Crippen LogP contribution < -0.4 is 10.6 Å². The fourth-order valence-corrected chi connectivity index (χ4v) is 3.68. The van der Waals surface area contributed by atoms with Gasteiger partial charge in [0.1, 0.15) is 6.42 Å². The second-order valence-corrected chi connectivity index (χ2v) is 9.26. The van der Waals surface area contributed by atoms with Crippen molar-refractivity contribution in [3.05, 3.63) is 83.4 Å². The summed E-state index contributed by atoms with van der Waals surface area (Å²) in [6, 6.07) is 22.3. The maximum atomic E-state index is 12.3. The Balaban J connectivity index is 0.000000926. The molecule has 0 bridgehead atoms. The van der Waals surface area contributed by atoms with Crippen LogP contribution in [0.2, 0.25) is 5.02 Å². The zero-order chi connectivity index (χ0) is 27.9. The Hall–Kier alpha value is -4.33. The SMILES string of the molecule is CN(C)C=O.N#CCC(=O)Nc1ccc(C(=O)OCC(=O)Nc2ccccc2Sc2ccc(Cl)cc2)cc1. The zero-order valence-electron chi connectivity index (χ0n) is 20.6. The van der Waals surface area contributed by atoms with Crippen molar-refractivity contribution in [3.63, 3.8) is 0 Å². The number of nitriles is 1. The molecule has 0 aromatic heterocycles. The van der Waals surface area contributed by atoms with Gasteiger partial charge in [-0.15, -0.1) is 0 Å². The summed E-state index contributed by atoms with van der Waals surface area (Å²) in [4.78, 5) is 48.7. The van der Waals surface area contributed by atoms with Crippen LogP contribution in [0.3, 0.4) is 0 Å². The van der Waals surface area contributed by atoms with Crippen molar-refractivity contribution >= 4 is 58.9 Å². The Kier molecular flexibility index (Phi) is 12.4. The summed E-state index contributed by atoms with van der Waals surface area (Å²) >= 11 is 7.39. The predicted octanol–water partition coefficient (Wildman–Crippen LogP) is 4.84. The Bertz CT molecular complexity index is 1290. The third-order valence-electron chi connectivity index (χ3n) is 4.39. The van der Waals surface area contributed by atoms with Gasteiger partial charge in [-0.3, -0.25) is 14.4 Å². The Morgan fingerprint density at radius 3 is 2.21 bits per heavy atom. The van der Waals surface area contributed by atoms with Gasteiger partial charge in [0, 0.05) is 34.6 Å². The molecule has 0 atom stereocenters. The summed E-state index contributed by atoms with van der Waals surface area (Å²) < 4.78 is 5.09. The minimum absolute atomic E-state index is 0.222. The van der Waals surface area contributed by atoms with E-state index in [1.54, 1.807) is 44.4 Å².